The Morgan fingerprint density at radius 2 is 2.24 bits per heavy atom. The van der Waals surface area contributed by atoms with E-state index in [0.29, 0.717) is 11.0 Å². The number of thioether (sulfide) groups is 1. The van der Waals surface area contributed by atoms with Gasteiger partial charge in [-0.25, -0.2) is 0 Å². The van der Waals surface area contributed by atoms with Crippen molar-refractivity contribution in [2.45, 2.75) is 26.3 Å². The van der Waals surface area contributed by atoms with Crippen LogP contribution in [0, 0.1) is 6.92 Å². The number of aryl methyl sites for hydroxylation is 1. The van der Waals surface area contributed by atoms with Crippen molar-refractivity contribution in [3.8, 4) is 0 Å². The number of nitrogens with two attached hydrogens (primary N) is 1. The minimum Gasteiger partial charge on any atom is -0.389 e. The maximum Gasteiger partial charge on any atom is 0.104 e. The molecule has 0 amide bonds. The Bertz CT molecular complexity index is 391. The monoisotopic (exact) mass is 268 g/mol. The second kappa shape index (κ2) is 6.87. The SMILES string of the molecule is CCC(CSC)Nc1ccc(C(N)=S)c(C)c1. The lowest BCUT2D eigenvalue weighted by molar-refractivity contribution is 0.775. The van der Waals surface area contributed by atoms with E-state index in [9.17, 15) is 0 Å². The van der Waals surface area contributed by atoms with Crippen LogP contribution in [-0.2, 0) is 0 Å². The molecular weight excluding hydrogens is 248 g/mol. The molecule has 0 saturated heterocycles. The van der Waals surface area contributed by atoms with Gasteiger partial charge in [-0.3, -0.25) is 0 Å². The highest BCUT2D eigenvalue weighted by atomic mass is 32.2. The molecule has 0 saturated carbocycles. The van der Waals surface area contributed by atoms with Gasteiger partial charge in [0.2, 0.25) is 0 Å². The van der Waals surface area contributed by atoms with Gasteiger partial charge in [-0.15, -0.1) is 0 Å². The number of hydrogen-bond acceptors (Lipinski definition) is 3. The summed E-state index contributed by atoms with van der Waals surface area (Å²) in [7, 11) is 0. The van der Waals surface area contributed by atoms with Crippen LogP contribution in [0.25, 0.3) is 0 Å². The lowest BCUT2D eigenvalue weighted by Gasteiger charge is -2.18. The van der Waals surface area contributed by atoms with Crippen molar-refractivity contribution >= 4 is 34.7 Å². The Balaban J connectivity index is 2.79. The fourth-order valence-electron chi connectivity index (χ4n) is 1.73. The molecule has 0 radical (unpaired) electrons. The summed E-state index contributed by atoms with van der Waals surface area (Å²) in [5.41, 5.74) is 8.88. The zero-order valence-electron chi connectivity index (χ0n) is 10.6. The van der Waals surface area contributed by atoms with Crippen LogP contribution in [0.1, 0.15) is 24.5 Å². The maximum absolute atomic E-state index is 5.65. The quantitative estimate of drug-likeness (QED) is 0.777. The number of benzene rings is 1. The van der Waals surface area contributed by atoms with Gasteiger partial charge in [0.1, 0.15) is 4.99 Å². The third-order valence-corrected chi connectivity index (χ3v) is 3.68. The molecule has 1 aromatic carbocycles. The maximum atomic E-state index is 5.65. The normalized spacial score (nSPS) is 12.2. The molecule has 0 aliphatic carbocycles. The molecule has 0 fully saturated rings. The molecule has 2 nitrogen and oxygen atoms in total. The van der Waals surface area contributed by atoms with Gasteiger partial charge in [0, 0.05) is 23.0 Å². The van der Waals surface area contributed by atoms with Crippen LogP contribution in [-0.4, -0.2) is 23.0 Å². The summed E-state index contributed by atoms with van der Waals surface area (Å²) >= 11 is 6.86. The van der Waals surface area contributed by atoms with E-state index < -0.39 is 0 Å². The Kier molecular flexibility index (Phi) is 5.78. The molecule has 1 aromatic rings. The van der Waals surface area contributed by atoms with Crippen LogP contribution in [0.3, 0.4) is 0 Å². The molecule has 0 bridgehead atoms. The van der Waals surface area contributed by atoms with Crippen LogP contribution in [0.15, 0.2) is 18.2 Å². The van der Waals surface area contributed by atoms with E-state index in [1.165, 1.54) is 0 Å². The van der Waals surface area contributed by atoms with E-state index >= 15 is 0 Å². The smallest absolute Gasteiger partial charge is 0.104 e. The fourth-order valence-corrected chi connectivity index (χ4v) is 2.68. The molecule has 0 aromatic heterocycles. The highest BCUT2D eigenvalue weighted by Crippen LogP contribution is 2.17. The summed E-state index contributed by atoms with van der Waals surface area (Å²) in [6, 6.07) is 6.66. The van der Waals surface area contributed by atoms with Gasteiger partial charge in [0.25, 0.3) is 0 Å². The summed E-state index contributed by atoms with van der Waals surface area (Å²) in [6.07, 6.45) is 3.25. The molecule has 94 valence electrons. The fraction of sp³-hybridized carbons (Fsp3) is 0.462. The van der Waals surface area contributed by atoms with E-state index in [4.69, 9.17) is 18.0 Å². The minimum atomic E-state index is 0.463. The largest absolute Gasteiger partial charge is 0.389 e. The van der Waals surface area contributed by atoms with Crippen molar-refractivity contribution in [1.82, 2.24) is 0 Å². The predicted octanol–water partition coefficient (Wildman–Crippen LogP) is 3.18. The molecule has 1 rings (SSSR count). The molecule has 0 heterocycles. The molecule has 17 heavy (non-hydrogen) atoms. The summed E-state index contributed by atoms with van der Waals surface area (Å²) in [5.74, 6) is 1.12. The highest BCUT2D eigenvalue weighted by molar-refractivity contribution is 7.98. The summed E-state index contributed by atoms with van der Waals surface area (Å²) in [4.78, 5) is 0.463. The number of anilines is 1. The van der Waals surface area contributed by atoms with Gasteiger partial charge < -0.3 is 11.1 Å². The highest BCUT2D eigenvalue weighted by Gasteiger charge is 2.07. The van der Waals surface area contributed by atoms with Crippen molar-refractivity contribution in [2.75, 3.05) is 17.3 Å². The van der Waals surface area contributed by atoms with E-state index in [2.05, 4.69) is 24.6 Å². The van der Waals surface area contributed by atoms with Crippen LogP contribution < -0.4 is 11.1 Å². The lowest BCUT2D eigenvalue weighted by atomic mass is 10.1. The molecule has 1 unspecified atom stereocenters. The van der Waals surface area contributed by atoms with E-state index in [0.717, 1.165) is 29.0 Å². The van der Waals surface area contributed by atoms with Crippen molar-refractivity contribution in [3.63, 3.8) is 0 Å². The average Bonchev–Trinajstić information content (AvgIpc) is 2.28. The van der Waals surface area contributed by atoms with Gasteiger partial charge in [0.05, 0.1) is 0 Å². The summed E-state index contributed by atoms with van der Waals surface area (Å²) in [5, 5.41) is 3.53. The average molecular weight is 268 g/mol. The van der Waals surface area contributed by atoms with Gasteiger partial charge in [0.15, 0.2) is 0 Å². The van der Waals surface area contributed by atoms with E-state index in [1.54, 1.807) is 0 Å². The third kappa shape index (κ3) is 4.21. The second-order valence-corrected chi connectivity index (χ2v) is 5.45. The predicted molar refractivity (Wildman–Crippen MR) is 83.2 cm³/mol. The zero-order chi connectivity index (χ0) is 12.8. The molecule has 4 heteroatoms. The summed E-state index contributed by atoms with van der Waals surface area (Å²) in [6.45, 7) is 4.24. The van der Waals surface area contributed by atoms with Crippen LogP contribution in [0.4, 0.5) is 5.69 Å². The number of hydrogen-bond donors (Lipinski definition) is 2. The second-order valence-electron chi connectivity index (χ2n) is 4.10. The summed E-state index contributed by atoms with van der Waals surface area (Å²) < 4.78 is 0. The Hall–Kier alpha value is -0.740. The Morgan fingerprint density at radius 3 is 2.71 bits per heavy atom. The van der Waals surface area contributed by atoms with Crippen LogP contribution in [0.2, 0.25) is 0 Å². The topological polar surface area (TPSA) is 38.0 Å². The lowest BCUT2D eigenvalue weighted by Crippen LogP contribution is -2.21. The first-order valence-corrected chi connectivity index (χ1v) is 7.54. The molecule has 0 aliphatic rings. The van der Waals surface area contributed by atoms with E-state index in [1.807, 2.05) is 30.8 Å². The van der Waals surface area contributed by atoms with E-state index in [-0.39, 0.29) is 0 Å². The number of thiocarbonyl (C=S) groups is 1. The Labute approximate surface area is 113 Å². The standard InChI is InChI=1S/C13H20N2S2/c1-4-10(8-17-3)15-11-5-6-12(13(14)16)9(2)7-11/h5-7,10,15H,4,8H2,1-3H3,(H2,14,16). The number of nitrogens with one attached hydrogen (secondary N) is 1. The van der Waals surface area contributed by atoms with Crippen molar-refractivity contribution in [2.24, 2.45) is 5.73 Å². The van der Waals surface area contributed by atoms with Crippen molar-refractivity contribution in [1.29, 1.82) is 0 Å². The Morgan fingerprint density at radius 1 is 1.53 bits per heavy atom. The van der Waals surface area contributed by atoms with Gasteiger partial charge in [-0.2, -0.15) is 11.8 Å². The van der Waals surface area contributed by atoms with Crippen LogP contribution in [0.5, 0.6) is 0 Å². The first-order chi connectivity index (χ1) is 8.08. The minimum absolute atomic E-state index is 0.463. The van der Waals surface area contributed by atoms with Crippen LogP contribution >= 0.6 is 24.0 Å². The van der Waals surface area contributed by atoms with Crippen molar-refractivity contribution in [3.05, 3.63) is 29.3 Å². The zero-order valence-corrected chi connectivity index (χ0v) is 12.3. The van der Waals surface area contributed by atoms with Gasteiger partial charge >= 0.3 is 0 Å². The molecular formula is C13H20N2S2. The molecule has 0 aliphatic heterocycles. The molecule has 1 atom stereocenters. The first-order valence-electron chi connectivity index (χ1n) is 5.74. The van der Waals surface area contributed by atoms with Gasteiger partial charge in [-0.1, -0.05) is 19.1 Å². The van der Waals surface area contributed by atoms with Crippen molar-refractivity contribution < 1.29 is 0 Å². The first kappa shape index (κ1) is 14.3. The van der Waals surface area contributed by atoms with Gasteiger partial charge in [-0.05, 0) is 43.4 Å². The number of rotatable bonds is 6. The third-order valence-electron chi connectivity index (χ3n) is 2.72. The molecule has 0 spiro atoms. The molecule has 3 N–H and O–H groups in total.